The first-order valence-corrected chi connectivity index (χ1v) is 8.03. The Morgan fingerprint density at radius 2 is 2.40 bits per heavy atom. The van der Waals surface area contributed by atoms with Gasteiger partial charge in [-0.3, -0.25) is 0 Å². The fourth-order valence-electron chi connectivity index (χ4n) is 2.51. The Bertz CT molecular complexity index is 580. The van der Waals surface area contributed by atoms with Crippen molar-refractivity contribution in [3.8, 4) is 0 Å². The fraction of sp³-hybridized carbons (Fsp3) is 0.571. The zero-order valence-corrected chi connectivity index (χ0v) is 12.7. The SMILES string of the molecule is CCNc1nc(NC(C)C2CCCO2)c2ccsc2n1. The number of thiophene rings is 1. The molecule has 0 aliphatic carbocycles. The summed E-state index contributed by atoms with van der Waals surface area (Å²) in [5.74, 6) is 1.58. The molecule has 1 fully saturated rings. The molecule has 2 aromatic rings. The van der Waals surface area contributed by atoms with Crippen molar-refractivity contribution in [2.75, 3.05) is 23.8 Å². The molecule has 0 saturated carbocycles. The highest BCUT2D eigenvalue weighted by molar-refractivity contribution is 7.16. The summed E-state index contributed by atoms with van der Waals surface area (Å²) in [5, 5.41) is 9.83. The van der Waals surface area contributed by atoms with Gasteiger partial charge in [0.2, 0.25) is 5.95 Å². The normalized spacial score (nSPS) is 20.2. The van der Waals surface area contributed by atoms with Crippen LogP contribution in [0.3, 0.4) is 0 Å². The lowest BCUT2D eigenvalue weighted by atomic mass is 10.1. The predicted molar refractivity (Wildman–Crippen MR) is 83.6 cm³/mol. The summed E-state index contributed by atoms with van der Waals surface area (Å²) in [5.41, 5.74) is 0. The maximum absolute atomic E-state index is 5.74. The number of fused-ring (bicyclic) bond motifs is 1. The summed E-state index contributed by atoms with van der Waals surface area (Å²) >= 11 is 1.64. The largest absolute Gasteiger partial charge is 0.376 e. The summed E-state index contributed by atoms with van der Waals surface area (Å²) < 4.78 is 5.74. The van der Waals surface area contributed by atoms with Crippen LogP contribution < -0.4 is 10.6 Å². The van der Waals surface area contributed by atoms with Gasteiger partial charge in [-0.15, -0.1) is 11.3 Å². The summed E-state index contributed by atoms with van der Waals surface area (Å²) in [7, 11) is 0. The van der Waals surface area contributed by atoms with Crippen LogP contribution in [-0.4, -0.2) is 35.3 Å². The van der Waals surface area contributed by atoms with Crippen molar-refractivity contribution in [3.05, 3.63) is 11.4 Å². The van der Waals surface area contributed by atoms with E-state index in [2.05, 4.69) is 39.0 Å². The van der Waals surface area contributed by atoms with Crippen molar-refractivity contribution in [3.63, 3.8) is 0 Å². The van der Waals surface area contributed by atoms with Gasteiger partial charge in [-0.25, -0.2) is 4.98 Å². The molecule has 2 aromatic heterocycles. The van der Waals surface area contributed by atoms with Gasteiger partial charge in [-0.2, -0.15) is 4.98 Å². The molecular formula is C14H20N4OS. The maximum Gasteiger partial charge on any atom is 0.226 e. The molecule has 2 N–H and O–H groups in total. The van der Waals surface area contributed by atoms with Gasteiger partial charge in [0.05, 0.1) is 17.5 Å². The molecule has 2 atom stereocenters. The van der Waals surface area contributed by atoms with E-state index < -0.39 is 0 Å². The predicted octanol–water partition coefficient (Wildman–Crippen LogP) is 3.10. The van der Waals surface area contributed by atoms with Crippen LogP contribution in [0.1, 0.15) is 26.7 Å². The van der Waals surface area contributed by atoms with Gasteiger partial charge in [-0.1, -0.05) is 0 Å². The van der Waals surface area contributed by atoms with Gasteiger partial charge in [0.25, 0.3) is 0 Å². The highest BCUT2D eigenvalue weighted by Gasteiger charge is 2.23. The quantitative estimate of drug-likeness (QED) is 0.887. The van der Waals surface area contributed by atoms with Crippen LogP contribution in [0.5, 0.6) is 0 Å². The third-order valence-corrected chi connectivity index (χ3v) is 4.35. The molecule has 3 rings (SSSR count). The van der Waals surface area contributed by atoms with Crippen LogP contribution in [0.4, 0.5) is 11.8 Å². The van der Waals surface area contributed by atoms with Crippen LogP contribution in [-0.2, 0) is 4.74 Å². The standard InChI is InChI=1S/C14H20N4OS/c1-3-15-14-17-12(10-6-8-20-13(10)18-14)16-9(2)11-5-4-7-19-11/h6,8-9,11H,3-5,7H2,1-2H3,(H2,15,16,17,18). The molecule has 0 aromatic carbocycles. The molecule has 0 bridgehead atoms. The van der Waals surface area contributed by atoms with Crippen molar-refractivity contribution in [1.82, 2.24) is 9.97 Å². The van der Waals surface area contributed by atoms with Crippen molar-refractivity contribution < 1.29 is 4.74 Å². The molecule has 1 saturated heterocycles. The van der Waals surface area contributed by atoms with Gasteiger partial charge >= 0.3 is 0 Å². The Morgan fingerprint density at radius 3 is 3.15 bits per heavy atom. The second kappa shape index (κ2) is 5.93. The number of nitrogens with one attached hydrogen (secondary N) is 2. The van der Waals surface area contributed by atoms with E-state index >= 15 is 0 Å². The monoisotopic (exact) mass is 292 g/mol. The van der Waals surface area contributed by atoms with E-state index in [1.807, 2.05) is 6.92 Å². The molecule has 0 amide bonds. The average Bonchev–Trinajstić information content (AvgIpc) is 3.10. The number of hydrogen-bond acceptors (Lipinski definition) is 6. The van der Waals surface area contributed by atoms with Crippen LogP contribution in [0.15, 0.2) is 11.4 Å². The molecule has 20 heavy (non-hydrogen) atoms. The van der Waals surface area contributed by atoms with Gasteiger partial charge < -0.3 is 15.4 Å². The highest BCUT2D eigenvalue weighted by Crippen LogP contribution is 2.28. The second-order valence-electron chi connectivity index (χ2n) is 5.05. The minimum absolute atomic E-state index is 0.255. The number of rotatable bonds is 5. The van der Waals surface area contributed by atoms with Gasteiger partial charge in [0.1, 0.15) is 10.6 Å². The molecule has 2 unspecified atom stereocenters. The average molecular weight is 292 g/mol. The maximum atomic E-state index is 5.74. The lowest BCUT2D eigenvalue weighted by Crippen LogP contribution is -2.30. The Kier molecular flexibility index (Phi) is 4.03. The summed E-state index contributed by atoms with van der Waals surface area (Å²) in [6.07, 6.45) is 2.55. The minimum atomic E-state index is 0.255. The smallest absolute Gasteiger partial charge is 0.226 e. The molecule has 6 heteroatoms. The highest BCUT2D eigenvalue weighted by atomic mass is 32.1. The van der Waals surface area contributed by atoms with Crippen LogP contribution in [0.2, 0.25) is 0 Å². The number of anilines is 2. The third kappa shape index (κ3) is 2.71. The molecule has 0 spiro atoms. The molecular weight excluding hydrogens is 272 g/mol. The number of hydrogen-bond donors (Lipinski definition) is 2. The Morgan fingerprint density at radius 1 is 1.50 bits per heavy atom. The third-order valence-electron chi connectivity index (χ3n) is 3.55. The lowest BCUT2D eigenvalue weighted by Gasteiger charge is -2.21. The molecule has 5 nitrogen and oxygen atoms in total. The number of ether oxygens (including phenoxy) is 1. The van der Waals surface area contributed by atoms with E-state index in [0.717, 1.165) is 42.0 Å². The summed E-state index contributed by atoms with van der Waals surface area (Å²) in [6.45, 7) is 5.89. The molecule has 1 aliphatic rings. The van der Waals surface area contributed by atoms with E-state index in [-0.39, 0.29) is 12.1 Å². The first-order chi connectivity index (χ1) is 9.78. The van der Waals surface area contributed by atoms with Crippen molar-refractivity contribution >= 4 is 33.3 Å². The van der Waals surface area contributed by atoms with Gasteiger partial charge in [0.15, 0.2) is 0 Å². The van der Waals surface area contributed by atoms with Crippen molar-refractivity contribution in [2.24, 2.45) is 0 Å². The van der Waals surface area contributed by atoms with E-state index in [9.17, 15) is 0 Å². The number of nitrogens with zero attached hydrogens (tertiary/aromatic N) is 2. The Labute approximate surface area is 122 Å². The Hall–Kier alpha value is -1.40. The van der Waals surface area contributed by atoms with Crippen LogP contribution in [0, 0.1) is 0 Å². The lowest BCUT2D eigenvalue weighted by molar-refractivity contribution is 0.0996. The summed E-state index contributed by atoms with van der Waals surface area (Å²) in [6, 6.07) is 2.32. The topological polar surface area (TPSA) is 59.1 Å². The van der Waals surface area contributed by atoms with Gasteiger partial charge in [0, 0.05) is 13.2 Å². The van der Waals surface area contributed by atoms with Gasteiger partial charge in [-0.05, 0) is 38.1 Å². The molecule has 0 radical (unpaired) electrons. The molecule has 3 heterocycles. The zero-order valence-electron chi connectivity index (χ0n) is 11.8. The molecule has 108 valence electrons. The molecule has 1 aliphatic heterocycles. The van der Waals surface area contributed by atoms with Crippen LogP contribution >= 0.6 is 11.3 Å². The first-order valence-electron chi connectivity index (χ1n) is 7.15. The zero-order chi connectivity index (χ0) is 13.9. The van der Waals surface area contributed by atoms with E-state index in [1.54, 1.807) is 11.3 Å². The Balaban J connectivity index is 1.86. The van der Waals surface area contributed by atoms with Crippen molar-refractivity contribution in [1.29, 1.82) is 0 Å². The number of aromatic nitrogens is 2. The van der Waals surface area contributed by atoms with E-state index in [0.29, 0.717) is 5.95 Å². The fourth-order valence-corrected chi connectivity index (χ4v) is 3.27. The summed E-state index contributed by atoms with van der Waals surface area (Å²) in [4.78, 5) is 10.1. The van der Waals surface area contributed by atoms with E-state index in [4.69, 9.17) is 4.74 Å². The van der Waals surface area contributed by atoms with Crippen LogP contribution in [0.25, 0.3) is 10.2 Å². The second-order valence-corrected chi connectivity index (χ2v) is 5.94. The minimum Gasteiger partial charge on any atom is -0.376 e. The van der Waals surface area contributed by atoms with Crippen molar-refractivity contribution in [2.45, 2.75) is 38.8 Å². The first kappa shape index (κ1) is 13.6. The van der Waals surface area contributed by atoms with E-state index in [1.165, 1.54) is 0 Å².